The summed E-state index contributed by atoms with van der Waals surface area (Å²) in [5, 5.41) is 0. The van der Waals surface area contributed by atoms with Gasteiger partial charge >= 0.3 is 0 Å². The third-order valence-electron chi connectivity index (χ3n) is 5.59. The van der Waals surface area contributed by atoms with Crippen molar-refractivity contribution >= 4 is 34.6 Å². The summed E-state index contributed by atoms with van der Waals surface area (Å²) in [6.45, 7) is 1.81. The van der Waals surface area contributed by atoms with E-state index in [0.29, 0.717) is 35.7 Å². The van der Waals surface area contributed by atoms with Crippen LogP contribution in [0.3, 0.4) is 0 Å². The van der Waals surface area contributed by atoms with E-state index in [0.717, 1.165) is 25.0 Å². The van der Waals surface area contributed by atoms with Crippen LogP contribution in [0.15, 0.2) is 53.3 Å². The molecule has 4 heterocycles. The minimum absolute atomic E-state index is 0.00958. The second-order valence-corrected chi connectivity index (χ2v) is 8.57. The number of likely N-dealkylation sites (tertiary alicyclic amines) is 1. The smallest absolute Gasteiger partial charge is 0.254 e. The Labute approximate surface area is 182 Å². The Hall–Kier alpha value is -3.24. The number of amides is 1. The van der Waals surface area contributed by atoms with Gasteiger partial charge in [-0.3, -0.25) is 4.79 Å². The molecule has 1 saturated heterocycles. The standard InChI is InChI=1S/C21H22N6O3S/c22-20-19-16(24-31(29)25-20)4-1-5-17(19)30-13-14-3-2-8-27(12-14)21(28)15-6-9-26-10-7-23-18(26)11-15/h1,4-7,9-11,14,24H,2-3,8,12-13H2,(H2,22,25). The zero-order valence-corrected chi connectivity index (χ0v) is 17.5. The zero-order chi connectivity index (χ0) is 21.4. The zero-order valence-electron chi connectivity index (χ0n) is 16.7. The van der Waals surface area contributed by atoms with Crippen LogP contribution in [0.25, 0.3) is 5.65 Å². The van der Waals surface area contributed by atoms with Crippen LogP contribution in [0.2, 0.25) is 0 Å². The van der Waals surface area contributed by atoms with Gasteiger partial charge in [-0.05, 0) is 41.5 Å². The summed E-state index contributed by atoms with van der Waals surface area (Å²) in [6, 6.07) is 9.08. The largest absolute Gasteiger partial charge is 0.566 e. The summed E-state index contributed by atoms with van der Waals surface area (Å²) in [7, 11) is 0. The number of anilines is 1. The average molecular weight is 439 g/mol. The van der Waals surface area contributed by atoms with E-state index in [9.17, 15) is 9.35 Å². The number of hydrogen-bond donors (Lipinski definition) is 2. The molecule has 0 spiro atoms. The normalized spacial score (nSPS) is 20.7. The van der Waals surface area contributed by atoms with Crippen LogP contribution in [-0.2, 0) is 11.5 Å². The van der Waals surface area contributed by atoms with Crippen LogP contribution < -0.4 is 15.2 Å². The first-order valence-corrected chi connectivity index (χ1v) is 11.2. The first-order chi connectivity index (χ1) is 15.1. The first-order valence-electron chi connectivity index (χ1n) is 10.1. The number of hydrogen-bond acceptors (Lipinski definition) is 7. The van der Waals surface area contributed by atoms with Crippen molar-refractivity contribution in [3.63, 3.8) is 0 Å². The summed E-state index contributed by atoms with van der Waals surface area (Å²) in [5.41, 5.74) is 8.64. The number of rotatable bonds is 4. The van der Waals surface area contributed by atoms with E-state index in [1.54, 1.807) is 12.3 Å². The molecule has 10 heteroatoms. The highest BCUT2D eigenvalue weighted by atomic mass is 32.2. The number of imidazole rings is 1. The predicted octanol–water partition coefficient (Wildman–Crippen LogP) is 1.97. The van der Waals surface area contributed by atoms with Crippen molar-refractivity contribution in [2.24, 2.45) is 16.0 Å². The van der Waals surface area contributed by atoms with Gasteiger partial charge in [0.25, 0.3) is 5.91 Å². The second kappa shape index (κ2) is 8.12. The quantitative estimate of drug-likeness (QED) is 0.601. The van der Waals surface area contributed by atoms with E-state index < -0.39 is 11.5 Å². The van der Waals surface area contributed by atoms with Gasteiger partial charge in [-0.15, -0.1) is 0 Å². The molecule has 0 aliphatic carbocycles. The molecule has 0 radical (unpaired) electrons. The highest BCUT2D eigenvalue weighted by Gasteiger charge is 2.27. The number of nitrogens with one attached hydrogen (secondary N) is 1. The van der Waals surface area contributed by atoms with Crippen LogP contribution in [0, 0.1) is 5.92 Å². The number of nitrogens with zero attached hydrogens (tertiary/aromatic N) is 4. The lowest BCUT2D eigenvalue weighted by Gasteiger charge is -2.33. The predicted molar refractivity (Wildman–Crippen MR) is 118 cm³/mol. The number of carbonyl (C=O) groups excluding carboxylic acids is 1. The molecule has 160 valence electrons. The van der Waals surface area contributed by atoms with Crippen molar-refractivity contribution < 1.29 is 14.1 Å². The lowest BCUT2D eigenvalue weighted by atomic mass is 9.98. The highest BCUT2D eigenvalue weighted by Crippen LogP contribution is 2.31. The lowest BCUT2D eigenvalue weighted by molar-refractivity contribution is 0.0633. The molecule has 3 N–H and O–H groups in total. The number of aromatic nitrogens is 2. The van der Waals surface area contributed by atoms with Gasteiger partial charge in [0.1, 0.15) is 11.4 Å². The Balaban J connectivity index is 1.26. The van der Waals surface area contributed by atoms with Crippen LogP contribution in [0.5, 0.6) is 5.75 Å². The second-order valence-electron chi connectivity index (χ2n) is 7.69. The van der Waals surface area contributed by atoms with E-state index in [1.807, 2.05) is 46.0 Å². The number of pyridine rings is 1. The molecule has 9 nitrogen and oxygen atoms in total. The Morgan fingerprint density at radius 3 is 3.16 bits per heavy atom. The van der Waals surface area contributed by atoms with Crippen molar-refractivity contribution in [2.75, 3.05) is 24.4 Å². The molecule has 2 atom stereocenters. The van der Waals surface area contributed by atoms with E-state index in [-0.39, 0.29) is 17.7 Å². The SMILES string of the molecule is NC1=N[S+]([O-])Nc2cccc(OCC3CCCN(C(=O)c4ccn5ccnc5c4)C3)c21. The molecule has 1 fully saturated rings. The van der Waals surface area contributed by atoms with E-state index in [4.69, 9.17) is 10.5 Å². The number of piperidine rings is 1. The summed E-state index contributed by atoms with van der Waals surface area (Å²) < 4.78 is 26.3. The Kier molecular flexibility index (Phi) is 5.16. The molecule has 0 bridgehead atoms. The van der Waals surface area contributed by atoms with E-state index >= 15 is 0 Å². The molecule has 2 unspecified atom stereocenters. The molecule has 2 aliphatic rings. The van der Waals surface area contributed by atoms with Crippen molar-refractivity contribution in [3.8, 4) is 5.75 Å². The van der Waals surface area contributed by atoms with Gasteiger partial charge in [-0.2, -0.15) is 4.72 Å². The van der Waals surface area contributed by atoms with Crippen LogP contribution in [0.4, 0.5) is 5.69 Å². The molecule has 2 aliphatic heterocycles. The number of carbonyl (C=O) groups is 1. The lowest BCUT2D eigenvalue weighted by Crippen LogP contribution is -2.41. The number of amidine groups is 1. The maximum Gasteiger partial charge on any atom is 0.254 e. The molecule has 0 saturated carbocycles. The van der Waals surface area contributed by atoms with Crippen molar-refractivity contribution in [3.05, 3.63) is 60.0 Å². The van der Waals surface area contributed by atoms with Crippen LogP contribution in [0.1, 0.15) is 28.8 Å². The molecule has 5 rings (SSSR count). The van der Waals surface area contributed by atoms with Gasteiger partial charge in [0.05, 0.1) is 17.9 Å². The topological polar surface area (TPSA) is 120 Å². The molecular formula is C21H22N6O3S. The monoisotopic (exact) mass is 438 g/mol. The van der Waals surface area contributed by atoms with Gasteiger partial charge in [0, 0.05) is 43.2 Å². The molecule has 2 aromatic heterocycles. The number of benzene rings is 1. The van der Waals surface area contributed by atoms with Crippen LogP contribution in [-0.4, -0.2) is 50.3 Å². The van der Waals surface area contributed by atoms with E-state index in [1.165, 1.54) is 0 Å². The van der Waals surface area contributed by atoms with Crippen LogP contribution >= 0.6 is 0 Å². The summed E-state index contributed by atoms with van der Waals surface area (Å²) in [6.07, 6.45) is 7.31. The Morgan fingerprint density at radius 1 is 1.35 bits per heavy atom. The minimum Gasteiger partial charge on any atom is -0.566 e. The molecular weight excluding hydrogens is 416 g/mol. The summed E-state index contributed by atoms with van der Waals surface area (Å²) in [4.78, 5) is 19.2. The molecule has 1 amide bonds. The van der Waals surface area contributed by atoms with E-state index in [2.05, 4.69) is 14.1 Å². The molecule has 1 aromatic carbocycles. The number of fused-ring (bicyclic) bond motifs is 2. The molecule has 3 aromatic rings. The Morgan fingerprint density at radius 2 is 2.26 bits per heavy atom. The summed E-state index contributed by atoms with van der Waals surface area (Å²) >= 11 is -1.58. The van der Waals surface area contributed by atoms with Crippen molar-refractivity contribution in [2.45, 2.75) is 12.8 Å². The average Bonchev–Trinajstić information content (AvgIpc) is 3.25. The van der Waals surface area contributed by atoms with Crippen molar-refractivity contribution in [1.82, 2.24) is 14.3 Å². The fraction of sp³-hybridized carbons (Fsp3) is 0.286. The number of nitrogens with two attached hydrogens (primary N) is 1. The van der Waals surface area contributed by atoms with Gasteiger partial charge < -0.3 is 24.3 Å². The summed E-state index contributed by atoms with van der Waals surface area (Å²) in [5.74, 6) is 0.997. The maximum absolute atomic E-state index is 13.0. The maximum atomic E-state index is 13.0. The third-order valence-corrected chi connectivity index (χ3v) is 6.34. The molecule has 31 heavy (non-hydrogen) atoms. The fourth-order valence-electron chi connectivity index (χ4n) is 4.07. The van der Waals surface area contributed by atoms with Gasteiger partial charge in [-0.1, -0.05) is 6.07 Å². The Bertz CT molecular complexity index is 1160. The highest BCUT2D eigenvalue weighted by molar-refractivity contribution is 7.91. The fourth-order valence-corrected chi connectivity index (χ4v) is 4.75. The van der Waals surface area contributed by atoms with Gasteiger partial charge in [0.15, 0.2) is 5.84 Å². The van der Waals surface area contributed by atoms with Gasteiger partial charge in [-0.25, -0.2) is 4.98 Å². The third kappa shape index (κ3) is 3.91. The van der Waals surface area contributed by atoms with Gasteiger partial charge in [0.2, 0.25) is 11.5 Å². The first kappa shape index (κ1) is 19.7. The minimum atomic E-state index is -1.58. The number of ether oxygens (including phenoxy) is 1. The van der Waals surface area contributed by atoms with Crippen molar-refractivity contribution in [1.29, 1.82) is 0 Å².